The number of rotatable bonds is 3. The van der Waals surface area contributed by atoms with Gasteiger partial charge in [0.25, 0.3) is 5.69 Å². The highest BCUT2D eigenvalue weighted by atomic mass is 16.6. The van der Waals surface area contributed by atoms with Crippen LogP contribution in [-0.2, 0) is 11.3 Å². The molecule has 0 fully saturated rings. The summed E-state index contributed by atoms with van der Waals surface area (Å²) in [7, 11) is 0. The van der Waals surface area contributed by atoms with Gasteiger partial charge in [0.2, 0.25) is 0 Å². The Morgan fingerprint density at radius 2 is 1.85 bits per heavy atom. The highest BCUT2D eigenvalue weighted by Gasteiger charge is 2.17. The van der Waals surface area contributed by atoms with Gasteiger partial charge in [0.15, 0.2) is 0 Å². The molecule has 0 aliphatic carbocycles. The summed E-state index contributed by atoms with van der Waals surface area (Å²) in [5, 5.41) is 22.9. The molecule has 0 aromatic heterocycles. The Bertz CT molecular complexity index is 920. The van der Waals surface area contributed by atoms with Crippen molar-refractivity contribution in [3.63, 3.8) is 0 Å². The van der Waals surface area contributed by atoms with Gasteiger partial charge in [-0.05, 0) is 44.5 Å². The summed E-state index contributed by atoms with van der Waals surface area (Å²) >= 11 is 0. The summed E-state index contributed by atoms with van der Waals surface area (Å²) in [5.41, 5.74) is 1.11. The molecule has 0 atom stereocenters. The fourth-order valence-electron chi connectivity index (χ4n) is 2.20. The van der Waals surface area contributed by atoms with E-state index >= 15 is 0 Å². The van der Waals surface area contributed by atoms with Gasteiger partial charge in [-0.2, -0.15) is 0 Å². The highest BCUT2D eigenvalue weighted by molar-refractivity contribution is 5.87. The molecule has 2 aromatic rings. The molecule has 1 amide bonds. The Morgan fingerprint density at radius 1 is 1.19 bits per heavy atom. The van der Waals surface area contributed by atoms with Crippen LogP contribution < -0.4 is 5.32 Å². The van der Waals surface area contributed by atoms with E-state index in [4.69, 9.17) is 4.74 Å². The van der Waals surface area contributed by atoms with Crippen LogP contribution in [0.3, 0.4) is 0 Å². The lowest BCUT2D eigenvalue weighted by atomic mass is 10.1. The first-order valence-corrected chi connectivity index (χ1v) is 8.19. The maximum Gasteiger partial charge on any atom is 0.412 e. The van der Waals surface area contributed by atoms with E-state index in [1.807, 2.05) is 0 Å². The minimum Gasteiger partial charge on any atom is -0.444 e. The fraction of sp³-hybridized carbons (Fsp3) is 0.250. The van der Waals surface area contributed by atoms with Crippen molar-refractivity contribution in [1.29, 1.82) is 0 Å². The average molecular weight is 368 g/mol. The molecule has 0 heterocycles. The van der Waals surface area contributed by atoms with Gasteiger partial charge in [-0.25, -0.2) is 4.79 Å². The maximum atomic E-state index is 12.0. The van der Waals surface area contributed by atoms with Crippen molar-refractivity contribution >= 4 is 17.5 Å². The first kappa shape index (κ1) is 19.9. The van der Waals surface area contributed by atoms with Crippen LogP contribution in [0.4, 0.5) is 16.2 Å². The number of ether oxygens (including phenoxy) is 1. The van der Waals surface area contributed by atoms with Gasteiger partial charge >= 0.3 is 6.09 Å². The SMILES string of the molecule is CC(C)(C)OC(=O)Nc1ccccc1C#Cc1ccc([N+](=O)[O-])cc1CO. The number of nitro benzene ring substituents is 1. The molecule has 0 aliphatic heterocycles. The monoisotopic (exact) mass is 368 g/mol. The van der Waals surface area contributed by atoms with Crippen LogP contribution in [0.5, 0.6) is 0 Å². The molecule has 0 saturated heterocycles. The Labute approximate surface area is 157 Å². The van der Waals surface area contributed by atoms with Crippen LogP contribution in [-0.4, -0.2) is 21.7 Å². The number of para-hydroxylation sites is 1. The van der Waals surface area contributed by atoms with E-state index < -0.39 is 16.6 Å². The van der Waals surface area contributed by atoms with Crippen molar-refractivity contribution in [1.82, 2.24) is 0 Å². The van der Waals surface area contributed by atoms with Crippen molar-refractivity contribution in [2.24, 2.45) is 0 Å². The molecule has 27 heavy (non-hydrogen) atoms. The molecule has 0 unspecified atom stereocenters. The number of amides is 1. The first-order valence-electron chi connectivity index (χ1n) is 8.19. The number of carbonyl (C=O) groups is 1. The maximum absolute atomic E-state index is 12.0. The van der Waals surface area contributed by atoms with Gasteiger partial charge in [0, 0.05) is 23.3 Å². The molecule has 0 radical (unpaired) electrons. The summed E-state index contributed by atoms with van der Waals surface area (Å²) in [6, 6.07) is 11.0. The summed E-state index contributed by atoms with van der Waals surface area (Å²) in [6.07, 6.45) is -0.594. The molecule has 0 bridgehead atoms. The molecule has 2 N–H and O–H groups in total. The van der Waals surface area contributed by atoms with E-state index in [0.717, 1.165) is 0 Å². The molecule has 0 saturated carbocycles. The lowest BCUT2D eigenvalue weighted by Crippen LogP contribution is -2.27. The van der Waals surface area contributed by atoms with Gasteiger partial charge in [-0.15, -0.1) is 0 Å². The van der Waals surface area contributed by atoms with E-state index in [0.29, 0.717) is 22.4 Å². The molecule has 7 heteroatoms. The Balaban J connectivity index is 2.30. The quantitative estimate of drug-likeness (QED) is 0.487. The van der Waals surface area contributed by atoms with Crippen molar-refractivity contribution in [2.45, 2.75) is 33.0 Å². The van der Waals surface area contributed by atoms with Crippen LogP contribution >= 0.6 is 0 Å². The zero-order chi connectivity index (χ0) is 20.0. The number of nitrogens with zero attached hydrogens (tertiary/aromatic N) is 1. The highest BCUT2D eigenvalue weighted by Crippen LogP contribution is 2.19. The number of carbonyl (C=O) groups excluding carboxylic acids is 1. The van der Waals surface area contributed by atoms with E-state index in [-0.39, 0.29) is 12.3 Å². The van der Waals surface area contributed by atoms with Gasteiger partial charge in [0.05, 0.1) is 17.2 Å². The van der Waals surface area contributed by atoms with Gasteiger partial charge in [-0.3, -0.25) is 15.4 Å². The van der Waals surface area contributed by atoms with Crippen LogP contribution in [0.15, 0.2) is 42.5 Å². The third kappa shape index (κ3) is 5.83. The third-order valence-corrected chi connectivity index (χ3v) is 3.36. The Hall–Kier alpha value is -3.37. The number of anilines is 1. The topological polar surface area (TPSA) is 102 Å². The predicted octanol–water partition coefficient (Wildman–Crippen LogP) is 3.83. The van der Waals surface area contributed by atoms with Crippen LogP contribution in [0, 0.1) is 22.0 Å². The summed E-state index contributed by atoms with van der Waals surface area (Å²) in [4.78, 5) is 22.3. The zero-order valence-corrected chi connectivity index (χ0v) is 15.3. The number of aliphatic hydroxyl groups excluding tert-OH is 1. The second-order valence-electron chi connectivity index (χ2n) is 6.68. The van der Waals surface area contributed by atoms with Crippen molar-refractivity contribution in [2.75, 3.05) is 5.32 Å². The second-order valence-corrected chi connectivity index (χ2v) is 6.68. The molecule has 7 nitrogen and oxygen atoms in total. The zero-order valence-electron chi connectivity index (χ0n) is 15.3. The molecule has 2 rings (SSSR count). The first-order chi connectivity index (χ1) is 12.7. The van der Waals surface area contributed by atoms with Crippen LogP contribution in [0.25, 0.3) is 0 Å². The minimum absolute atomic E-state index is 0.114. The largest absolute Gasteiger partial charge is 0.444 e. The van der Waals surface area contributed by atoms with Crippen LogP contribution in [0.2, 0.25) is 0 Å². The second kappa shape index (κ2) is 8.34. The fourth-order valence-corrected chi connectivity index (χ4v) is 2.20. The van der Waals surface area contributed by atoms with Crippen LogP contribution in [0.1, 0.15) is 37.5 Å². The Morgan fingerprint density at radius 3 is 2.48 bits per heavy atom. The summed E-state index contributed by atoms with van der Waals surface area (Å²) < 4.78 is 5.24. The smallest absolute Gasteiger partial charge is 0.412 e. The number of hydrogen-bond acceptors (Lipinski definition) is 5. The van der Waals surface area contributed by atoms with E-state index in [1.54, 1.807) is 45.0 Å². The van der Waals surface area contributed by atoms with E-state index in [9.17, 15) is 20.0 Å². The van der Waals surface area contributed by atoms with Gasteiger partial charge in [-0.1, -0.05) is 24.0 Å². The summed E-state index contributed by atoms with van der Waals surface area (Å²) in [5.74, 6) is 5.80. The molecular weight excluding hydrogens is 348 g/mol. The predicted molar refractivity (Wildman–Crippen MR) is 101 cm³/mol. The molecule has 0 aliphatic rings. The number of non-ortho nitro benzene ring substituents is 1. The average Bonchev–Trinajstić information content (AvgIpc) is 2.59. The number of nitrogens with one attached hydrogen (secondary N) is 1. The lowest BCUT2D eigenvalue weighted by Gasteiger charge is -2.20. The molecule has 140 valence electrons. The van der Waals surface area contributed by atoms with Crippen molar-refractivity contribution in [3.05, 3.63) is 69.3 Å². The Kier molecular flexibility index (Phi) is 6.16. The standard InChI is InChI=1S/C20H20N2O5/c1-20(2,3)27-19(24)21-18-7-5-4-6-15(18)9-8-14-10-11-17(22(25)26)12-16(14)13-23/h4-7,10-12,23H,13H2,1-3H3,(H,21,24). The molecule has 0 spiro atoms. The number of nitro groups is 1. The minimum atomic E-state index is -0.626. The van der Waals surface area contributed by atoms with Crippen molar-refractivity contribution < 1.29 is 19.6 Å². The van der Waals surface area contributed by atoms with E-state index in [1.165, 1.54) is 18.2 Å². The summed E-state index contributed by atoms with van der Waals surface area (Å²) in [6.45, 7) is 4.93. The number of benzene rings is 2. The van der Waals surface area contributed by atoms with Crippen molar-refractivity contribution in [3.8, 4) is 11.8 Å². The third-order valence-electron chi connectivity index (χ3n) is 3.36. The van der Waals surface area contributed by atoms with Gasteiger partial charge < -0.3 is 9.84 Å². The lowest BCUT2D eigenvalue weighted by molar-refractivity contribution is -0.385. The normalized spacial score (nSPS) is 10.5. The van der Waals surface area contributed by atoms with E-state index in [2.05, 4.69) is 17.2 Å². The molecule has 2 aromatic carbocycles. The van der Waals surface area contributed by atoms with Gasteiger partial charge in [0.1, 0.15) is 5.60 Å². The number of hydrogen-bond donors (Lipinski definition) is 2. The number of aliphatic hydroxyl groups is 1. The molecular formula is C20H20N2O5.